The normalized spacial score (nSPS) is 10.4. The molecule has 24 heavy (non-hydrogen) atoms. The van der Waals surface area contributed by atoms with E-state index >= 15 is 0 Å². The summed E-state index contributed by atoms with van der Waals surface area (Å²) in [6.45, 7) is 1.54. The molecule has 1 heterocycles. The van der Waals surface area contributed by atoms with Gasteiger partial charge in [0.1, 0.15) is 11.5 Å². The fourth-order valence-corrected chi connectivity index (χ4v) is 2.26. The van der Waals surface area contributed by atoms with Gasteiger partial charge in [0.15, 0.2) is 0 Å². The number of rotatable bonds is 7. The Morgan fingerprint density at radius 1 is 0.833 bits per heavy atom. The summed E-state index contributed by atoms with van der Waals surface area (Å²) in [7, 11) is 1.67. The first-order chi connectivity index (χ1) is 11.8. The van der Waals surface area contributed by atoms with Crippen LogP contribution in [-0.4, -0.2) is 17.1 Å². The first kappa shape index (κ1) is 16.0. The van der Waals surface area contributed by atoms with E-state index in [2.05, 4.69) is 33.5 Å². The molecule has 5 heteroatoms. The number of aromatic nitrogens is 2. The molecule has 0 unspecified atom stereocenters. The van der Waals surface area contributed by atoms with Gasteiger partial charge in [-0.15, -0.1) is 0 Å². The first-order valence-electron chi connectivity index (χ1n) is 7.71. The minimum Gasteiger partial charge on any atom is -0.497 e. The van der Waals surface area contributed by atoms with Crippen LogP contribution in [0.1, 0.15) is 11.1 Å². The molecule has 0 aliphatic heterocycles. The molecule has 0 radical (unpaired) electrons. The summed E-state index contributed by atoms with van der Waals surface area (Å²) in [5.41, 5.74) is 2.35. The molecule has 0 saturated heterocycles. The Morgan fingerprint density at radius 3 is 2.33 bits per heavy atom. The van der Waals surface area contributed by atoms with Gasteiger partial charge in [-0.1, -0.05) is 24.3 Å². The Balaban J connectivity index is 1.54. The van der Waals surface area contributed by atoms with E-state index in [9.17, 15) is 0 Å². The zero-order valence-electron chi connectivity index (χ0n) is 13.5. The Hall–Kier alpha value is -2.92. The minimum absolute atomic E-state index is 0.348. The van der Waals surface area contributed by atoms with E-state index in [0.717, 1.165) is 30.2 Å². The van der Waals surface area contributed by atoms with Crippen molar-refractivity contribution in [3.63, 3.8) is 0 Å². The van der Waals surface area contributed by atoms with Gasteiger partial charge < -0.3 is 14.8 Å². The predicted molar refractivity (Wildman–Crippen MR) is 92.1 cm³/mol. The number of hydrogen-bond acceptors (Lipinski definition) is 5. The highest BCUT2D eigenvalue weighted by atomic mass is 16.5. The highest BCUT2D eigenvalue weighted by molar-refractivity contribution is 5.30. The summed E-state index contributed by atoms with van der Waals surface area (Å²) in [6, 6.07) is 18.0. The fraction of sp³-hybridized carbons (Fsp3) is 0.158. The van der Waals surface area contributed by atoms with Crippen molar-refractivity contribution in [2.45, 2.75) is 13.1 Å². The molecule has 0 bridgehead atoms. The van der Waals surface area contributed by atoms with Crippen molar-refractivity contribution < 1.29 is 9.47 Å². The second-order valence-electron chi connectivity index (χ2n) is 5.23. The van der Waals surface area contributed by atoms with Crippen LogP contribution in [0.25, 0.3) is 0 Å². The molecule has 122 valence electrons. The first-order valence-corrected chi connectivity index (χ1v) is 7.71. The fourth-order valence-electron chi connectivity index (χ4n) is 2.26. The predicted octanol–water partition coefficient (Wildman–Crippen LogP) is 3.57. The van der Waals surface area contributed by atoms with Gasteiger partial charge in [-0.3, -0.25) is 0 Å². The smallest absolute Gasteiger partial charge is 0.321 e. The summed E-state index contributed by atoms with van der Waals surface area (Å²) < 4.78 is 10.8. The molecule has 3 aromatic rings. The molecule has 0 amide bonds. The number of ether oxygens (including phenoxy) is 2. The van der Waals surface area contributed by atoms with E-state index in [1.54, 1.807) is 25.6 Å². The van der Waals surface area contributed by atoms with Crippen LogP contribution < -0.4 is 14.8 Å². The van der Waals surface area contributed by atoms with Gasteiger partial charge >= 0.3 is 6.01 Å². The Bertz CT molecular complexity index is 761. The van der Waals surface area contributed by atoms with E-state index in [0.29, 0.717) is 6.01 Å². The van der Waals surface area contributed by atoms with Gasteiger partial charge in [0.25, 0.3) is 0 Å². The van der Waals surface area contributed by atoms with Crippen LogP contribution in [0.4, 0.5) is 0 Å². The molecule has 0 saturated carbocycles. The Labute approximate surface area is 141 Å². The Kier molecular flexibility index (Phi) is 5.37. The second kappa shape index (κ2) is 8.08. The van der Waals surface area contributed by atoms with Crippen LogP contribution in [0.2, 0.25) is 0 Å². The van der Waals surface area contributed by atoms with E-state index in [4.69, 9.17) is 9.47 Å². The van der Waals surface area contributed by atoms with Crippen molar-refractivity contribution in [2.75, 3.05) is 7.11 Å². The molecule has 2 aromatic carbocycles. The second-order valence-corrected chi connectivity index (χ2v) is 5.23. The number of benzene rings is 2. The maximum atomic E-state index is 5.65. The van der Waals surface area contributed by atoms with Crippen molar-refractivity contribution in [2.24, 2.45) is 0 Å². The third-order valence-electron chi connectivity index (χ3n) is 3.47. The maximum Gasteiger partial charge on any atom is 0.321 e. The van der Waals surface area contributed by atoms with Crippen LogP contribution in [0.3, 0.4) is 0 Å². The van der Waals surface area contributed by atoms with Gasteiger partial charge in [0.05, 0.1) is 7.11 Å². The molecule has 0 atom stereocenters. The molecular weight excluding hydrogens is 302 g/mol. The SMILES string of the molecule is COc1ccc(CNCc2cccc(Oc3ncccn3)c2)cc1. The number of nitrogens with one attached hydrogen (secondary N) is 1. The molecular formula is C19H19N3O2. The van der Waals surface area contributed by atoms with E-state index < -0.39 is 0 Å². The molecule has 1 N–H and O–H groups in total. The minimum atomic E-state index is 0.348. The summed E-state index contributed by atoms with van der Waals surface area (Å²) in [5, 5.41) is 3.42. The number of hydrogen-bond donors (Lipinski definition) is 1. The lowest BCUT2D eigenvalue weighted by Gasteiger charge is -2.08. The van der Waals surface area contributed by atoms with Crippen molar-refractivity contribution in [1.82, 2.24) is 15.3 Å². The lowest BCUT2D eigenvalue weighted by molar-refractivity contribution is 0.414. The van der Waals surface area contributed by atoms with Crippen LogP contribution in [-0.2, 0) is 13.1 Å². The quantitative estimate of drug-likeness (QED) is 0.721. The largest absolute Gasteiger partial charge is 0.497 e. The highest BCUT2D eigenvalue weighted by Crippen LogP contribution is 2.18. The molecule has 0 aliphatic rings. The molecule has 1 aromatic heterocycles. The highest BCUT2D eigenvalue weighted by Gasteiger charge is 2.01. The lowest BCUT2D eigenvalue weighted by Crippen LogP contribution is -2.12. The number of nitrogens with zero attached hydrogens (tertiary/aromatic N) is 2. The number of methoxy groups -OCH3 is 1. The summed E-state index contributed by atoms with van der Waals surface area (Å²) in [4.78, 5) is 8.12. The van der Waals surface area contributed by atoms with E-state index in [1.165, 1.54) is 5.56 Å². The summed E-state index contributed by atoms with van der Waals surface area (Å²) in [5.74, 6) is 1.59. The van der Waals surface area contributed by atoms with Gasteiger partial charge in [0.2, 0.25) is 0 Å². The van der Waals surface area contributed by atoms with Crippen LogP contribution in [0.15, 0.2) is 67.0 Å². The van der Waals surface area contributed by atoms with Gasteiger partial charge in [-0.2, -0.15) is 0 Å². The van der Waals surface area contributed by atoms with Crippen LogP contribution >= 0.6 is 0 Å². The van der Waals surface area contributed by atoms with Crippen LogP contribution in [0, 0.1) is 0 Å². The lowest BCUT2D eigenvalue weighted by atomic mass is 10.2. The van der Waals surface area contributed by atoms with E-state index in [-0.39, 0.29) is 0 Å². The average Bonchev–Trinajstić information content (AvgIpc) is 2.63. The van der Waals surface area contributed by atoms with Crippen molar-refractivity contribution >= 4 is 0 Å². The Morgan fingerprint density at radius 2 is 1.58 bits per heavy atom. The van der Waals surface area contributed by atoms with Crippen molar-refractivity contribution in [3.8, 4) is 17.5 Å². The average molecular weight is 321 g/mol. The standard InChI is InChI=1S/C19H19N3O2/c1-23-17-8-6-15(7-9-17)13-20-14-16-4-2-5-18(12-16)24-19-21-10-3-11-22-19/h2-12,20H,13-14H2,1H3. The summed E-state index contributed by atoms with van der Waals surface area (Å²) in [6.07, 6.45) is 3.31. The monoisotopic (exact) mass is 321 g/mol. The molecule has 3 rings (SSSR count). The third kappa shape index (κ3) is 4.54. The van der Waals surface area contributed by atoms with Gasteiger partial charge in [-0.05, 0) is 41.5 Å². The zero-order chi connectivity index (χ0) is 16.6. The van der Waals surface area contributed by atoms with Crippen molar-refractivity contribution in [1.29, 1.82) is 0 Å². The third-order valence-corrected chi connectivity index (χ3v) is 3.47. The van der Waals surface area contributed by atoms with Gasteiger partial charge in [-0.25, -0.2) is 9.97 Å². The zero-order valence-corrected chi connectivity index (χ0v) is 13.5. The van der Waals surface area contributed by atoms with Crippen LogP contribution in [0.5, 0.6) is 17.5 Å². The molecule has 0 spiro atoms. The molecule has 0 aliphatic carbocycles. The molecule has 5 nitrogen and oxygen atoms in total. The summed E-state index contributed by atoms with van der Waals surface area (Å²) >= 11 is 0. The van der Waals surface area contributed by atoms with Gasteiger partial charge in [0, 0.05) is 25.5 Å². The van der Waals surface area contributed by atoms with Crippen molar-refractivity contribution in [3.05, 3.63) is 78.1 Å². The van der Waals surface area contributed by atoms with E-state index in [1.807, 2.05) is 30.3 Å². The topological polar surface area (TPSA) is 56.3 Å². The molecule has 0 fully saturated rings. The maximum absolute atomic E-state index is 5.65.